The number of nitrogens with two attached hydrogens (primary N) is 1. The Hall–Kier alpha value is -0.690. The van der Waals surface area contributed by atoms with Crippen LogP contribution in [0.3, 0.4) is 0 Å². The van der Waals surface area contributed by atoms with E-state index in [2.05, 4.69) is 12.1 Å². The predicted molar refractivity (Wildman–Crippen MR) is 73.4 cm³/mol. The Morgan fingerprint density at radius 3 is 2.00 bits per heavy atom. The van der Waals surface area contributed by atoms with Gasteiger partial charge in [-0.15, -0.1) is 0 Å². The summed E-state index contributed by atoms with van der Waals surface area (Å²) in [6.45, 7) is 5.49. The number of halogens is 1. The molecule has 104 valence electrons. The number of hydrogen-bond acceptors (Lipinski definition) is 2. The molecule has 0 bridgehead atoms. The molecular formula is C15H19INO2-. The largest absolute Gasteiger partial charge is 1.00 e. The van der Waals surface area contributed by atoms with Crippen molar-refractivity contribution in [1.82, 2.24) is 0 Å². The maximum Gasteiger partial charge on any atom is 0.195 e. The summed E-state index contributed by atoms with van der Waals surface area (Å²) in [6, 6.07) is 8.14. The van der Waals surface area contributed by atoms with Crippen molar-refractivity contribution >= 4 is 12.2 Å². The Morgan fingerprint density at radius 2 is 1.58 bits per heavy atom. The van der Waals surface area contributed by atoms with Crippen LogP contribution >= 0.6 is 0 Å². The molecule has 3 nitrogen and oxygen atoms in total. The number of hydroxylamine groups is 1. The van der Waals surface area contributed by atoms with Gasteiger partial charge in [0.25, 0.3) is 0 Å². The standard InChI is InChI=1S/C15H19NO2.HI/c1-14(2,16-17)18-15(3)10-8-12-6-4-5-7-13(12)9-11-15;/h4-11H,16H2,1-3H3;1H/p-1. The van der Waals surface area contributed by atoms with E-state index in [-0.39, 0.29) is 24.0 Å². The maximum atomic E-state index is 11.0. The van der Waals surface area contributed by atoms with Gasteiger partial charge in [0.2, 0.25) is 0 Å². The molecule has 0 heterocycles. The Bertz CT molecular complexity index is 462. The average molecular weight is 372 g/mol. The van der Waals surface area contributed by atoms with Gasteiger partial charge >= 0.3 is 0 Å². The predicted octanol–water partition coefficient (Wildman–Crippen LogP) is -0.697. The molecule has 0 amide bonds. The van der Waals surface area contributed by atoms with Crippen LogP contribution in [0.15, 0.2) is 36.4 Å². The fourth-order valence-electron chi connectivity index (χ4n) is 2.04. The number of fused-ring (bicyclic) bond motifs is 1. The molecule has 0 aromatic heterocycles. The van der Waals surface area contributed by atoms with Crippen LogP contribution < -0.4 is 29.5 Å². The Balaban J connectivity index is 0.00000180. The van der Waals surface area contributed by atoms with Gasteiger partial charge in [-0.1, -0.05) is 36.4 Å². The first-order valence-electron chi connectivity index (χ1n) is 6.08. The van der Waals surface area contributed by atoms with Crippen LogP contribution in [0.1, 0.15) is 31.9 Å². The summed E-state index contributed by atoms with van der Waals surface area (Å²) in [4.78, 5) is 0. The molecule has 0 saturated carbocycles. The molecule has 0 atom stereocenters. The summed E-state index contributed by atoms with van der Waals surface area (Å²) < 4.78 is 5.88. The van der Waals surface area contributed by atoms with E-state index in [0.717, 1.165) is 16.6 Å². The highest BCUT2D eigenvalue weighted by atomic mass is 127. The zero-order valence-electron chi connectivity index (χ0n) is 11.4. The highest BCUT2D eigenvalue weighted by molar-refractivity contribution is 5.69. The highest BCUT2D eigenvalue weighted by Gasteiger charge is 2.30. The lowest BCUT2D eigenvalue weighted by atomic mass is 10.1. The first kappa shape index (κ1) is 16.4. The number of benzene rings is 1. The number of rotatable bonds is 3. The number of ether oxygens (including phenoxy) is 1. The van der Waals surface area contributed by atoms with E-state index in [1.165, 1.54) is 0 Å². The van der Waals surface area contributed by atoms with Crippen molar-refractivity contribution in [2.24, 2.45) is 0 Å². The van der Waals surface area contributed by atoms with Crippen molar-refractivity contribution in [2.45, 2.75) is 32.1 Å². The molecular weight excluding hydrogens is 353 g/mol. The zero-order chi connectivity index (χ0) is 13.2. The molecule has 0 aliphatic heterocycles. The molecule has 4 heteroatoms. The van der Waals surface area contributed by atoms with Crippen molar-refractivity contribution in [2.75, 3.05) is 0 Å². The van der Waals surface area contributed by atoms with Gasteiger partial charge in [-0.05, 0) is 30.2 Å². The monoisotopic (exact) mass is 372 g/mol. The smallest absolute Gasteiger partial charge is 0.195 e. The van der Waals surface area contributed by atoms with Gasteiger partial charge in [0.1, 0.15) is 5.60 Å². The first-order chi connectivity index (χ1) is 8.44. The van der Waals surface area contributed by atoms with Gasteiger partial charge in [0.15, 0.2) is 5.72 Å². The maximum absolute atomic E-state index is 11.0. The average Bonchev–Trinajstić information content (AvgIpc) is 2.50. The van der Waals surface area contributed by atoms with E-state index in [1.807, 2.05) is 43.4 Å². The van der Waals surface area contributed by atoms with E-state index < -0.39 is 11.3 Å². The van der Waals surface area contributed by atoms with Gasteiger partial charge in [0, 0.05) is 13.8 Å². The third-order valence-electron chi connectivity index (χ3n) is 2.95. The molecule has 19 heavy (non-hydrogen) atoms. The van der Waals surface area contributed by atoms with E-state index in [0.29, 0.717) is 0 Å². The summed E-state index contributed by atoms with van der Waals surface area (Å²) >= 11 is 0. The topological polar surface area (TPSA) is 48.9 Å². The van der Waals surface area contributed by atoms with Crippen LogP contribution in [0, 0.1) is 5.21 Å². The summed E-state index contributed by atoms with van der Waals surface area (Å²) in [5.41, 5.74) is 1.79. The van der Waals surface area contributed by atoms with Crippen molar-refractivity contribution in [3.63, 3.8) is 0 Å². The minimum absolute atomic E-state index is 0. The minimum Gasteiger partial charge on any atom is -1.00 e. The van der Waals surface area contributed by atoms with Crippen LogP contribution in [0.25, 0.3) is 12.2 Å². The van der Waals surface area contributed by atoms with Crippen molar-refractivity contribution in [3.05, 3.63) is 52.8 Å². The lowest BCUT2D eigenvalue weighted by Crippen LogP contribution is -3.00. The van der Waals surface area contributed by atoms with E-state index >= 15 is 0 Å². The lowest BCUT2D eigenvalue weighted by Gasteiger charge is -2.33. The molecule has 0 fully saturated rings. The van der Waals surface area contributed by atoms with Crippen LogP contribution in [-0.2, 0) is 4.74 Å². The summed E-state index contributed by atoms with van der Waals surface area (Å²) in [5, 5.41) is 11.0. The van der Waals surface area contributed by atoms with Crippen LogP contribution in [0.2, 0.25) is 0 Å². The quantitative estimate of drug-likeness (QED) is 0.434. The molecule has 0 unspecified atom stereocenters. The summed E-state index contributed by atoms with van der Waals surface area (Å²) in [7, 11) is 0. The normalized spacial score (nSPS) is 16.4. The lowest BCUT2D eigenvalue weighted by molar-refractivity contribution is -0.715. The van der Waals surface area contributed by atoms with Crippen molar-refractivity contribution in [3.8, 4) is 0 Å². The Labute approximate surface area is 131 Å². The molecule has 0 spiro atoms. The van der Waals surface area contributed by atoms with Crippen molar-refractivity contribution in [1.29, 1.82) is 0 Å². The molecule has 0 radical (unpaired) electrons. The van der Waals surface area contributed by atoms with E-state index in [4.69, 9.17) is 4.74 Å². The SMILES string of the molecule is CC1(OC(C)(C)[NH2+][O-])C=Cc2ccccc2C=C1.[I-]. The van der Waals surface area contributed by atoms with Gasteiger partial charge in [0.05, 0.1) is 0 Å². The molecule has 2 rings (SSSR count). The van der Waals surface area contributed by atoms with Crippen LogP contribution in [0.4, 0.5) is 0 Å². The van der Waals surface area contributed by atoms with Gasteiger partial charge in [-0.3, -0.25) is 0 Å². The summed E-state index contributed by atoms with van der Waals surface area (Å²) in [6.07, 6.45) is 8.05. The molecule has 1 aromatic carbocycles. The fraction of sp³-hybridized carbons (Fsp3) is 0.333. The molecule has 1 aliphatic rings. The Kier molecular flexibility index (Phi) is 5.32. The van der Waals surface area contributed by atoms with Gasteiger partial charge in [-0.25, -0.2) is 0 Å². The molecule has 2 N–H and O–H groups in total. The number of hydrogen-bond donors (Lipinski definition) is 1. The first-order valence-corrected chi connectivity index (χ1v) is 6.08. The van der Waals surface area contributed by atoms with Crippen LogP contribution in [-0.4, -0.2) is 11.3 Å². The third kappa shape index (κ3) is 4.14. The van der Waals surface area contributed by atoms with Gasteiger partial charge in [-0.2, -0.15) is 0 Å². The number of quaternary nitrogens is 1. The van der Waals surface area contributed by atoms with Gasteiger partial charge < -0.3 is 39.4 Å². The molecule has 1 aromatic rings. The fourth-order valence-corrected chi connectivity index (χ4v) is 2.04. The third-order valence-corrected chi connectivity index (χ3v) is 2.95. The minimum atomic E-state index is -0.792. The zero-order valence-corrected chi connectivity index (χ0v) is 13.5. The second-order valence-corrected chi connectivity index (χ2v) is 5.30. The second-order valence-electron chi connectivity index (χ2n) is 5.30. The molecule has 0 saturated heterocycles. The Morgan fingerprint density at radius 1 is 1.11 bits per heavy atom. The van der Waals surface area contributed by atoms with E-state index in [9.17, 15) is 5.21 Å². The van der Waals surface area contributed by atoms with Crippen LogP contribution in [0.5, 0.6) is 0 Å². The second kappa shape index (κ2) is 6.17. The summed E-state index contributed by atoms with van der Waals surface area (Å²) in [5.74, 6) is 0. The van der Waals surface area contributed by atoms with E-state index in [1.54, 1.807) is 13.8 Å². The highest BCUT2D eigenvalue weighted by Crippen LogP contribution is 2.26. The molecule has 1 aliphatic carbocycles. The van der Waals surface area contributed by atoms with Crippen molar-refractivity contribution < 1.29 is 34.2 Å².